The quantitative estimate of drug-likeness (QED) is 0.929. The predicted octanol–water partition coefficient (Wildman–Crippen LogP) is 2.80. The number of nitrogens with one attached hydrogen (secondary N) is 1. The minimum absolute atomic E-state index is 0.0443. The third-order valence-corrected chi connectivity index (χ3v) is 4.80. The van der Waals surface area contributed by atoms with E-state index in [0.29, 0.717) is 6.04 Å². The average Bonchev–Trinajstić information content (AvgIpc) is 2.62. The molecule has 2 aliphatic heterocycles. The lowest BCUT2D eigenvalue weighted by Gasteiger charge is -2.37. The van der Waals surface area contributed by atoms with Gasteiger partial charge in [-0.3, -0.25) is 4.90 Å². The van der Waals surface area contributed by atoms with Gasteiger partial charge in [0.1, 0.15) is 0 Å². The first-order chi connectivity index (χ1) is 11.3. The SMILES string of the molecule is O=C(Nc1ccccc1)N1CCCCC1CCN1CCOCC1. The molecular formula is C18H27N3O2. The number of hydrogen-bond donors (Lipinski definition) is 1. The Morgan fingerprint density at radius 3 is 2.70 bits per heavy atom. The minimum atomic E-state index is 0.0443. The monoisotopic (exact) mass is 317 g/mol. The number of hydrogen-bond acceptors (Lipinski definition) is 3. The number of likely N-dealkylation sites (tertiary alicyclic amines) is 1. The summed E-state index contributed by atoms with van der Waals surface area (Å²) in [5.74, 6) is 0. The average molecular weight is 317 g/mol. The molecule has 1 N–H and O–H groups in total. The predicted molar refractivity (Wildman–Crippen MR) is 91.7 cm³/mol. The van der Waals surface area contributed by atoms with Gasteiger partial charge in [-0.1, -0.05) is 18.2 Å². The van der Waals surface area contributed by atoms with Gasteiger partial charge in [-0.15, -0.1) is 0 Å². The van der Waals surface area contributed by atoms with Gasteiger partial charge in [-0.25, -0.2) is 4.79 Å². The first kappa shape index (κ1) is 16.3. The molecular weight excluding hydrogens is 290 g/mol. The maximum atomic E-state index is 12.6. The summed E-state index contributed by atoms with van der Waals surface area (Å²) in [6.45, 7) is 5.63. The Kier molecular flexibility index (Phi) is 5.88. The van der Waals surface area contributed by atoms with E-state index in [1.54, 1.807) is 0 Å². The number of amides is 2. The van der Waals surface area contributed by atoms with Crippen molar-refractivity contribution in [1.29, 1.82) is 0 Å². The van der Waals surface area contributed by atoms with Crippen LogP contribution in [-0.2, 0) is 4.74 Å². The molecule has 1 aromatic rings. The summed E-state index contributed by atoms with van der Waals surface area (Å²) in [4.78, 5) is 17.1. The Hall–Kier alpha value is -1.59. The smallest absolute Gasteiger partial charge is 0.322 e. The van der Waals surface area contributed by atoms with Crippen LogP contribution in [0.5, 0.6) is 0 Å². The van der Waals surface area contributed by atoms with Gasteiger partial charge >= 0.3 is 6.03 Å². The fraction of sp³-hybridized carbons (Fsp3) is 0.611. The van der Waals surface area contributed by atoms with Crippen LogP contribution in [0.3, 0.4) is 0 Å². The summed E-state index contributed by atoms with van der Waals surface area (Å²) in [6, 6.07) is 10.1. The van der Waals surface area contributed by atoms with Crippen LogP contribution >= 0.6 is 0 Å². The van der Waals surface area contributed by atoms with Crippen molar-refractivity contribution in [3.63, 3.8) is 0 Å². The maximum absolute atomic E-state index is 12.6. The Morgan fingerprint density at radius 1 is 1.13 bits per heavy atom. The molecule has 1 aromatic carbocycles. The summed E-state index contributed by atoms with van der Waals surface area (Å²) in [5.41, 5.74) is 0.870. The largest absolute Gasteiger partial charge is 0.379 e. The molecule has 1 unspecified atom stereocenters. The van der Waals surface area contributed by atoms with Crippen molar-refractivity contribution < 1.29 is 9.53 Å². The van der Waals surface area contributed by atoms with Gasteiger partial charge in [0.2, 0.25) is 0 Å². The van der Waals surface area contributed by atoms with E-state index < -0.39 is 0 Å². The molecule has 0 saturated carbocycles. The first-order valence-corrected chi connectivity index (χ1v) is 8.76. The summed E-state index contributed by atoms with van der Waals surface area (Å²) < 4.78 is 5.40. The third kappa shape index (κ3) is 4.69. The van der Waals surface area contributed by atoms with Gasteiger partial charge in [0.05, 0.1) is 13.2 Å². The van der Waals surface area contributed by atoms with Gasteiger partial charge < -0.3 is 15.0 Å². The summed E-state index contributed by atoms with van der Waals surface area (Å²) in [5, 5.41) is 3.03. The second kappa shape index (κ2) is 8.31. The van der Waals surface area contributed by atoms with Crippen molar-refractivity contribution in [1.82, 2.24) is 9.80 Å². The van der Waals surface area contributed by atoms with Crippen molar-refractivity contribution in [2.45, 2.75) is 31.7 Å². The number of para-hydroxylation sites is 1. The van der Waals surface area contributed by atoms with E-state index >= 15 is 0 Å². The molecule has 126 valence electrons. The molecule has 1 atom stereocenters. The molecule has 0 bridgehead atoms. The fourth-order valence-electron chi connectivity index (χ4n) is 3.44. The molecule has 0 aromatic heterocycles. The Morgan fingerprint density at radius 2 is 1.91 bits per heavy atom. The molecule has 2 amide bonds. The molecule has 5 heteroatoms. The van der Waals surface area contributed by atoms with Crippen LogP contribution in [0.25, 0.3) is 0 Å². The third-order valence-electron chi connectivity index (χ3n) is 4.80. The highest BCUT2D eigenvalue weighted by Crippen LogP contribution is 2.21. The second-order valence-corrected chi connectivity index (χ2v) is 6.38. The number of nitrogens with zero attached hydrogens (tertiary/aromatic N) is 2. The van der Waals surface area contributed by atoms with Crippen LogP contribution in [0.15, 0.2) is 30.3 Å². The molecule has 0 aliphatic carbocycles. The Balaban J connectivity index is 1.53. The van der Waals surface area contributed by atoms with E-state index in [9.17, 15) is 4.79 Å². The van der Waals surface area contributed by atoms with Crippen LogP contribution in [-0.4, -0.2) is 61.3 Å². The van der Waals surface area contributed by atoms with E-state index in [4.69, 9.17) is 4.74 Å². The summed E-state index contributed by atoms with van der Waals surface area (Å²) >= 11 is 0. The maximum Gasteiger partial charge on any atom is 0.322 e. The number of anilines is 1. The second-order valence-electron chi connectivity index (χ2n) is 6.38. The molecule has 2 fully saturated rings. The van der Waals surface area contributed by atoms with Crippen molar-refractivity contribution in [2.75, 3.05) is 44.7 Å². The van der Waals surface area contributed by atoms with Crippen LogP contribution in [0.1, 0.15) is 25.7 Å². The van der Waals surface area contributed by atoms with Crippen molar-refractivity contribution in [2.24, 2.45) is 0 Å². The number of morpholine rings is 1. The number of piperidine rings is 1. The Labute approximate surface area is 138 Å². The van der Waals surface area contributed by atoms with Gasteiger partial charge in [0.15, 0.2) is 0 Å². The molecule has 2 saturated heterocycles. The molecule has 23 heavy (non-hydrogen) atoms. The zero-order chi connectivity index (χ0) is 15.9. The minimum Gasteiger partial charge on any atom is -0.379 e. The Bertz CT molecular complexity index is 488. The normalized spacial score (nSPS) is 22.8. The van der Waals surface area contributed by atoms with E-state index in [1.165, 1.54) is 6.42 Å². The molecule has 5 nitrogen and oxygen atoms in total. The zero-order valence-electron chi connectivity index (χ0n) is 13.7. The van der Waals surface area contributed by atoms with Crippen LogP contribution in [0.2, 0.25) is 0 Å². The topological polar surface area (TPSA) is 44.8 Å². The number of ether oxygens (including phenoxy) is 1. The van der Waals surface area contributed by atoms with Gasteiger partial charge in [-0.2, -0.15) is 0 Å². The van der Waals surface area contributed by atoms with E-state index in [1.807, 2.05) is 35.2 Å². The fourth-order valence-corrected chi connectivity index (χ4v) is 3.44. The highest BCUT2D eigenvalue weighted by Gasteiger charge is 2.27. The van der Waals surface area contributed by atoms with Gasteiger partial charge in [-0.05, 0) is 37.8 Å². The number of benzene rings is 1. The standard InChI is InChI=1S/C18H27N3O2/c22-18(19-16-6-2-1-3-7-16)21-10-5-4-8-17(21)9-11-20-12-14-23-15-13-20/h1-3,6-7,17H,4-5,8-15H2,(H,19,22). The van der Waals surface area contributed by atoms with E-state index in [2.05, 4.69) is 10.2 Å². The molecule has 2 heterocycles. The van der Waals surface area contributed by atoms with E-state index in [0.717, 1.165) is 64.3 Å². The van der Waals surface area contributed by atoms with Crippen molar-refractivity contribution >= 4 is 11.7 Å². The number of urea groups is 1. The van der Waals surface area contributed by atoms with Gasteiger partial charge in [0, 0.05) is 37.9 Å². The molecule has 3 rings (SSSR count). The highest BCUT2D eigenvalue weighted by atomic mass is 16.5. The summed E-state index contributed by atoms with van der Waals surface area (Å²) in [7, 11) is 0. The summed E-state index contributed by atoms with van der Waals surface area (Å²) in [6.07, 6.45) is 4.51. The lowest BCUT2D eigenvalue weighted by atomic mass is 9.99. The van der Waals surface area contributed by atoms with Crippen LogP contribution in [0, 0.1) is 0 Å². The van der Waals surface area contributed by atoms with Crippen molar-refractivity contribution in [3.8, 4) is 0 Å². The molecule has 2 aliphatic rings. The highest BCUT2D eigenvalue weighted by molar-refractivity contribution is 5.89. The lowest BCUT2D eigenvalue weighted by Crippen LogP contribution is -2.48. The zero-order valence-corrected chi connectivity index (χ0v) is 13.7. The van der Waals surface area contributed by atoms with E-state index in [-0.39, 0.29) is 6.03 Å². The van der Waals surface area contributed by atoms with Crippen LogP contribution < -0.4 is 5.32 Å². The number of carbonyl (C=O) groups excluding carboxylic acids is 1. The van der Waals surface area contributed by atoms with Crippen LogP contribution in [0.4, 0.5) is 10.5 Å². The molecule has 0 radical (unpaired) electrons. The number of rotatable bonds is 4. The molecule has 0 spiro atoms. The lowest BCUT2D eigenvalue weighted by molar-refractivity contribution is 0.0329. The first-order valence-electron chi connectivity index (χ1n) is 8.76. The van der Waals surface area contributed by atoms with Gasteiger partial charge in [0.25, 0.3) is 0 Å². The van der Waals surface area contributed by atoms with Crippen molar-refractivity contribution in [3.05, 3.63) is 30.3 Å². The number of carbonyl (C=O) groups is 1.